The third-order valence-corrected chi connectivity index (χ3v) is 13.4. The van der Waals surface area contributed by atoms with Gasteiger partial charge in [-0.1, -0.05) is 65.5 Å². The molecule has 2 N–H and O–H groups in total. The van der Waals surface area contributed by atoms with E-state index in [2.05, 4.69) is 40.7 Å². The number of allylic oxidation sites excluding steroid dienone is 1. The first-order chi connectivity index (χ1) is 20.6. The quantitative estimate of drug-likeness (QED) is 0.0730. The van der Waals surface area contributed by atoms with Crippen LogP contribution < -0.4 is 0 Å². The van der Waals surface area contributed by atoms with Crippen LogP contribution in [0.2, 0.25) is 0 Å². The second-order valence-corrected chi connectivity index (χ2v) is 18.2. The molecule has 0 heterocycles. The van der Waals surface area contributed by atoms with Crippen LogP contribution in [-0.4, -0.2) is 81.7 Å². The van der Waals surface area contributed by atoms with E-state index < -0.39 is 7.82 Å². The summed E-state index contributed by atoms with van der Waals surface area (Å²) < 4.78 is 34.6. The van der Waals surface area contributed by atoms with E-state index in [9.17, 15) is 9.46 Å². The lowest BCUT2D eigenvalue weighted by Crippen LogP contribution is -2.51. The Morgan fingerprint density at radius 3 is 2.36 bits per heavy atom. The predicted octanol–water partition coefficient (Wildman–Crippen LogP) is 8.09. The van der Waals surface area contributed by atoms with Crippen LogP contribution in [0.25, 0.3) is 0 Å². The van der Waals surface area contributed by atoms with Crippen molar-refractivity contribution in [3.63, 3.8) is 0 Å². The minimum atomic E-state index is -4.04. The van der Waals surface area contributed by atoms with Crippen molar-refractivity contribution in [2.45, 2.75) is 111 Å². The van der Waals surface area contributed by atoms with Gasteiger partial charge in [-0.05, 0) is 97.7 Å². The van der Waals surface area contributed by atoms with Crippen LogP contribution in [0.15, 0.2) is 11.6 Å². The SMILES string of the molecule is CC(C)CCC[C@@H](C)[C@H]1CCC2C3CC=C4C[C@@H](OCCOCCOP(=O)(O)OCC[N+](C)(C)C)CC[C@]4(C)C3CC[C@@]21C.[OH-]. The number of phosphoric ester groups is 1. The number of quaternary nitrogens is 1. The van der Waals surface area contributed by atoms with E-state index in [4.69, 9.17) is 18.5 Å². The van der Waals surface area contributed by atoms with Gasteiger partial charge in [0.2, 0.25) is 0 Å². The van der Waals surface area contributed by atoms with Gasteiger partial charge in [-0.2, -0.15) is 0 Å². The molecule has 4 unspecified atom stereocenters. The second kappa shape index (κ2) is 16.4. The highest BCUT2D eigenvalue weighted by atomic mass is 31.2. The largest absolute Gasteiger partial charge is 0.870 e. The topological polar surface area (TPSA) is 104 Å². The van der Waals surface area contributed by atoms with Gasteiger partial charge < -0.3 is 24.3 Å². The number of hydrogen-bond donors (Lipinski definition) is 1. The lowest BCUT2D eigenvalue weighted by molar-refractivity contribution is -0.870. The normalized spacial score (nSPS) is 35.1. The molecule has 3 fully saturated rings. The molecular formula is C36H68NO7P. The highest BCUT2D eigenvalue weighted by Gasteiger charge is 2.59. The molecule has 4 rings (SSSR count). The molecule has 0 saturated heterocycles. The molecule has 0 radical (unpaired) electrons. The number of fused-ring (bicyclic) bond motifs is 5. The molecule has 264 valence electrons. The Balaban J connectivity index is 0.00000552. The average molecular weight is 658 g/mol. The van der Waals surface area contributed by atoms with Gasteiger partial charge in [0.1, 0.15) is 13.2 Å². The standard InChI is InChI=1S/C36H66NO6P.H2O/c1-27(2)10-9-11-28(3)32-14-15-33-31-13-12-29-26-30(16-18-35(29,4)34(31)17-19-36(32,33)5)41-24-22-40-23-25-43-44(38,39)42-21-20-37(6,7)8;/h12,27-28,30-34H,9-11,13-26H2,1-8H3;1H2/t28-,30+,31?,32-,33?,34?,35+,36-;/m1./s1. The maximum Gasteiger partial charge on any atom is 0.472 e. The molecule has 0 aromatic heterocycles. The van der Waals surface area contributed by atoms with Crippen molar-refractivity contribution in [2.75, 3.05) is 60.7 Å². The number of ether oxygens (including phenoxy) is 2. The summed E-state index contributed by atoms with van der Waals surface area (Å²) in [4.78, 5) is 9.82. The van der Waals surface area contributed by atoms with Crippen LogP contribution in [0.5, 0.6) is 0 Å². The molecule has 8 nitrogen and oxygen atoms in total. The molecule has 4 aliphatic rings. The van der Waals surface area contributed by atoms with Gasteiger partial charge in [-0.3, -0.25) is 9.05 Å². The van der Waals surface area contributed by atoms with E-state index in [0.717, 1.165) is 48.3 Å². The maximum atomic E-state index is 12.0. The van der Waals surface area contributed by atoms with Gasteiger partial charge in [-0.15, -0.1) is 0 Å². The lowest BCUT2D eigenvalue weighted by atomic mass is 9.47. The third kappa shape index (κ3) is 10.1. The van der Waals surface area contributed by atoms with E-state index in [-0.39, 0.29) is 31.4 Å². The van der Waals surface area contributed by atoms with Gasteiger partial charge in [0, 0.05) is 0 Å². The van der Waals surface area contributed by atoms with Crippen LogP contribution in [0.3, 0.4) is 0 Å². The van der Waals surface area contributed by atoms with Crippen molar-refractivity contribution in [3.05, 3.63) is 11.6 Å². The highest BCUT2D eigenvalue weighted by Crippen LogP contribution is 2.67. The molecule has 9 atom stereocenters. The summed E-state index contributed by atoms with van der Waals surface area (Å²) >= 11 is 0. The Hall–Kier alpha value is -0.310. The summed E-state index contributed by atoms with van der Waals surface area (Å²) in [6.07, 6.45) is 17.5. The Bertz CT molecular complexity index is 998. The van der Waals surface area contributed by atoms with E-state index in [1.54, 1.807) is 5.57 Å². The van der Waals surface area contributed by atoms with Gasteiger partial charge in [-0.25, -0.2) is 4.57 Å². The zero-order valence-electron chi connectivity index (χ0n) is 30.0. The number of likely N-dealkylation sites (N-methyl/N-ethyl adjacent to an activating group) is 1. The first-order valence-corrected chi connectivity index (χ1v) is 19.5. The van der Waals surface area contributed by atoms with E-state index in [1.165, 1.54) is 57.8 Å². The van der Waals surface area contributed by atoms with Crippen LogP contribution in [0.4, 0.5) is 0 Å². The van der Waals surface area contributed by atoms with E-state index >= 15 is 0 Å². The van der Waals surface area contributed by atoms with Crippen LogP contribution in [0.1, 0.15) is 105 Å². The molecule has 0 aromatic carbocycles. The summed E-state index contributed by atoms with van der Waals surface area (Å²) in [6, 6.07) is 0. The third-order valence-electron chi connectivity index (χ3n) is 12.3. The van der Waals surface area contributed by atoms with Crippen LogP contribution >= 0.6 is 7.82 Å². The fourth-order valence-corrected chi connectivity index (χ4v) is 10.5. The minimum Gasteiger partial charge on any atom is -0.870 e. The Kier molecular flexibility index (Phi) is 14.3. The second-order valence-electron chi connectivity index (χ2n) is 16.8. The molecule has 45 heavy (non-hydrogen) atoms. The fourth-order valence-electron chi connectivity index (χ4n) is 9.85. The van der Waals surface area contributed by atoms with Gasteiger partial charge in [0.25, 0.3) is 0 Å². The Morgan fingerprint density at radius 1 is 0.933 bits per heavy atom. The summed E-state index contributed by atoms with van der Waals surface area (Å²) in [5.41, 5.74) is 2.54. The van der Waals surface area contributed by atoms with Crippen molar-refractivity contribution in [1.29, 1.82) is 0 Å². The molecule has 0 bridgehead atoms. The summed E-state index contributed by atoms with van der Waals surface area (Å²) in [6.45, 7) is 14.6. The van der Waals surface area contributed by atoms with Crippen molar-refractivity contribution in [1.82, 2.24) is 0 Å². The van der Waals surface area contributed by atoms with Crippen LogP contribution in [-0.2, 0) is 23.1 Å². The summed E-state index contributed by atoms with van der Waals surface area (Å²) in [5, 5.41) is 0. The lowest BCUT2D eigenvalue weighted by Gasteiger charge is -2.58. The van der Waals surface area contributed by atoms with Crippen molar-refractivity contribution in [2.24, 2.45) is 46.3 Å². The van der Waals surface area contributed by atoms with Gasteiger partial charge in [0.15, 0.2) is 0 Å². The number of nitrogens with zero attached hydrogens (tertiary/aromatic N) is 1. The van der Waals surface area contributed by atoms with Crippen LogP contribution in [0, 0.1) is 46.3 Å². The maximum absolute atomic E-state index is 12.0. The van der Waals surface area contributed by atoms with Crippen molar-refractivity contribution in [3.8, 4) is 0 Å². The zero-order chi connectivity index (χ0) is 32.2. The summed E-state index contributed by atoms with van der Waals surface area (Å²) in [7, 11) is 1.97. The summed E-state index contributed by atoms with van der Waals surface area (Å²) in [5.74, 6) is 5.20. The molecule has 0 aromatic rings. The number of rotatable bonds is 17. The minimum absolute atomic E-state index is 0. The number of phosphoric acid groups is 1. The average Bonchev–Trinajstić information content (AvgIpc) is 3.28. The molecule has 9 heteroatoms. The van der Waals surface area contributed by atoms with E-state index in [1.807, 2.05) is 21.1 Å². The monoisotopic (exact) mass is 657 g/mol. The Labute approximate surface area is 275 Å². The Morgan fingerprint density at radius 2 is 1.64 bits per heavy atom. The molecule has 3 saturated carbocycles. The molecule has 0 aliphatic heterocycles. The predicted molar refractivity (Wildman–Crippen MR) is 180 cm³/mol. The fraction of sp³-hybridized carbons (Fsp3) is 0.944. The van der Waals surface area contributed by atoms with Crippen molar-refractivity contribution >= 4 is 7.82 Å². The zero-order valence-corrected chi connectivity index (χ0v) is 30.9. The molecular weight excluding hydrogens is 589 g/mol. The number of hydrogen-bond acceptors (Lipinski definition) is 6. The van der Waals surface area contributed by atoms with Crippen molar-refractivity contribution < 1.29 is 37.9 Å². The van der Waals surface area contributed by atoms with E-state index in [0.29, 0.717) is 35.1 Å². The van der Waals surface area contributed by atoms with Gasteiger partial charge >= 0.3 is 7.82 Å². The van der Waals surface area contributed by atoms with Gasteiger partial charge in [0.05, 0.1) is 53.7 Å². The highest BCUT2D eigenvalue weighted by molar-refractivity contribution is 7.47. The molecule has 0 spiro atoms. The first-order valence-electron chi connectivity index (χ1n) is 18.0. The molecule has 4 aliphatic carbocycles. The first kappa shape index (κ1) is 39.1. The smallest absolute Gasteiger partial charge is 0.472 e. The molecule has 0 amide bonds.